The Morgan fingerprint density at radius 3 is 2.48 bits per heavy atom. The first-order chi connectivity index (χ1) is 14.8. The SMILES string of the molecule is COc1ccc(S(=O)(=O)Nc2ccccc2C(=O)OCC(=O)N2CCCCC2C)cc1. The van der Waals surface area contributed by atoms with Crippen molar-refractivity contribution in [2.75, 3.05) is 25.0 Å². The first kappa shape index (κ1) is 22.6. The summed E-state index contributed by atoms with van der Waals surface area (Å²) in [5, 5.41) is 0. The lowest BCUT2D eigenvalue weighted by atomic mass is 10.0. The molecule has 1 aliphatic rings. The number of methoxy groups -OCH3 is 1. The molecule has 31 heavy (non-hydrogen) atoms. The largest absolute Gasteiger partial charge is 0.497 e. The molecule has 1 amide bonds. The van der Waals surface area contributed by atoms with Crippen LogP contribution >= 0.6 is 0 Å². The Hall–Kier alpha value is -3.07. The standard InChI is InChI=1S/C22H26N2O6S/c1-16-7-5-6-14-24(16)21(25)15-30-22(26)19-8-3-4-9-20(19)23-31(27,28)18-12-10-17(29-2)11-13-18/h3-4,8-13,16,23H,5-7,14-15H2,1-2H3. The Bertz CT molecular complexity index is 1040. The Morgan fingerprint density at radius 1 is 1.10 bits per heavy atom. The van der Waals surface area contributed by atoms with Gasteiger partial charge in [0.15, 0.2) is 6.61 Å². The van der Waals surface area contributed by atoms with Crippen LogP contribution in [0, 0.1) is 0 Å². The van der Waals surface area contributed by atoms with Gasteiger partial charge >= 0.3 is 5.97 Å². The van der Waals surface area contributed by atoms with Crippen LogP contribution < -0.4 is 9.46 Å². The van der Waals surface area contributed by atoms with Gasteiger partial charge in [-0.25, -0.2) is 13.2 Å². The number of sulfonamides is 1. The number of hydrogen-bond acceptors (Lipinski definition) is 6. The van der Waals surface area contributed by atoms with E-state index in [2.05, 4.69) is 4.72 Å². The molecule has 9 heteroatoms. The molecule has 0 saturated carbocycles. The number of nitrogens with zero attached hydrogens (tertiary/aromatic N) is 1. The predicted octanol–water partition coefficient (Wildman–Crippen LogP) is 3.05. The molecular weight excluding hydrogens is 420 g/mol. The molecule has 1 atom stereocenters. The maximum absolute atomic E-state index is 12.7. The molecule has 166 valence electrons. The minimum Gasteiger partial charge on any atom is -0.497 e. The van der Waals surface area contributed by atoms with E-state index in [0.29, 0.717) is 12.3 Å². The molecule has 0 radical (unpaired) electrons. The minimum absolute atomic E-state index is 0.0192. The number of likely N-dealkylation sites (tertiary alicyclic amines) is 1. The second-order valence-electron chi connectivity index (χ2n) is 7.33. The third kappa shape index (κ3) is 5.55. The van der Waals surface area contributed by atoms with E-state index in [1.807, 2.05) is 6.92 Å². The lowest BCUT2D eigenvalue weighted by Crippen LogP contribution is -2.44. The van der Waals surface area contributed by atoms with E-state index in [1.54, 1.807) is 17.0 Å². The number of amides is 1. The summed E-state index contributed by atoms with van der Waals surface area (Å²) < 4.78 is 38.1. The van der Waals surface area contributed by atoms with Gasteiger partial charge in [-0.2, -0.15) is 0 Å². The quantitative estimate of drug-likeness (QED) is 0.656. The van der Waals surface area contributed by atoms with Crippen LogP contribution in [0.3, 0.4) is 0 Å². The molecule has 3 rings (SSSR count). The van der Waals surface area contributed by atoms with Crippen LogP contribution in [0.5, 0.6) is 5.75 Å². The number of ether oxygens (including phenoxy) is 2. The molecule has 8 nitrogen and oxygen atoms in total. The van der Waals surface area contributed by atoms with E-state index >= 15 is 0 Å². The van der Waals surface area contributed by atoms with Crippen molar-refractivity contribution in [3.05, 3.63) is 54.1 Å². The summed E-state index contributed by atoms with van der Waals surface area (Å²) in [6.45, 7) is 2.24. The smallest absolute Gasteiger partial charge is 0.340 e. The molecule has 0 spiro atoms. The molecule has 2 aromatic rings. The number of hydrogen-bond donors (Lipinski definition) is 1. The molecule has 0 aromatic heterocycles. The summed E-state index contributed by atoms with van der Waals surface area (Å²) in [6, 6.07) is 12.1. The molecule has 1 aliphatic heterocycles. The van der Waals surface area contributed by atoms with Crippen LogP contribution in [0.1, 0.15) is 36.5 Å². The van der Waals surface area contributed by atoms with Crippen molar-refractivity contribution in [2.45, 2.75) is 37.1 Å². The van der Waals surface area contributed by atoms with Gasteiger partial charge in [0.05, 0.1) is 23.3 Å². The average molecular weight is 447 g/mol. The lowest BCUT2D eigenvalue weighted by molar-refractivity contribution is -0.137. The molecule has 1 fully saturated rings. The molecule has 2 aromatic carbocycles. The summed E-state index contributed by atoms with van der Waals surface area (Å²) in [6.07, 6.45) is 2.93. The van der Waals surface area contributed by atoms with Crippen molar-refractivity contribution < 1.29 is 27.5 Å². The van der Waals surface area contributed by atoms with Crippen LogP contribution in [0.2, 0.25) is 0 Å². The Morgan fingerprint density at radius 2 is 1.81 bits per heavy atom. The first-order valence-electron chi connectivity index (χ1n) is 10.0. The van der Waals surface area contributed by atoms with Crippen LogP contribution in [-0.4, -0.2) is 51.5 Å². The number of rotatable bonds is 7. The van der Waals surface area contributed by atoms with E-state index < -0.39 is 16.0 Å². The summed E-state index contributed by atoms with van der Waals surface area (Å²) >= 11 is 0. The van der Waals surface area contributed by atoms with Gasteiger partial charge in [-0.15, -0.1) is 0 Å². The fraction of sp³-hybridized carbons (Fsp3) is 0.364. The maximum atomic E-state index is 12.7. The first-order valence-corrected chi connectivity index (χ1v) is 11.5. The topological polar surface area (TPSA) is 102 Å². The highest BCUT2D eigenvalue weighted by Gasteiger charge is 2.25. The molecule has 0 aliphatic carbocycles. The van der Waals surface area contributed by atoms with Crippen molar-refractivity contribution in [3.8, 4) is 5.75 Å². The fourth-order valence-corrected chi connectivity index (χ4v) is 4.55. The van der Waals surface area contributed by atoms with Crippen LogP contribution in [0.4, 0.5) is 5.69 Å². The predicted molar refractivity (Wildman–Crippen MR) is 116 cm³/mol. The second-order valence-corrected chi connectivity index (χ2v) is 9.02. The minimum atomic E-state index is -3.94. The maximum Gasteiger partial charge on any atom is 0.340 e. The van der Waals surface area contributed by atoms with Gasteiger partial charge in [-0.3, -0.25) is 9.52 Å². The normalized spacial score (nSPS) is 16.5. The number of esters is 1. The van der Waals surface area contributed by atoms with Gasteiger partial charge in [0.25, 0.3) is 15.9 Å². The van der Waals surface area contributed by atoms with Crippen molar-refractivity contribution in [1.82, 2.24) is 4.90 Å². The number of nitrogens with one attached hydrogen (secondary N) is 1. The summed E-state index contributed by atoms with van der Waals surface area (Å²) in [4.78, 5) is 26.8. The third-order valence-electron chi connectivity index (χ3n) is 5.21. The van der Waals surface area contributed by atoms with E-state index in [1.165, 1.54) is 43.5 Å². The van der Waals surface area contributed by atoms with Gasteiger partial charge in [0.2, 0.25) is 0 Å². The highest BCUT2D eigenvalue weighted by atomic mass is 32.2. The summed E-state index contributed by atoms with van der Waals surface area (Å²) in [7, 11) is -2.45. The summed E-state index contributed by atoms with van der Waals surface area (Å²) in [5.41, 5.74) is 0.0983. The van der Waals surface area contributed by atoms with Gasteiger partial charge in [-0.05, 0) is 62.6 Å². The van der Waals surface area contributed by atoms with Gasteiger partial charge in [-0.1, -0.05) is 12.1 Å². The number of para-hydroxylation sites is 1. The molecule has 1 saturated heterocycles. The Kier molecular flexibility index (Phi) is 7.17. The van der Waals surface area contributed by atoms with E-state index in [9.17, 15) is 18.0 Å². The zero-order valence-corrected chi connectivity index (χ0v) is 18.4. The molecular formula is C22H26N2O6S. The highest BCUT2D eigenvalue weighted by molar-refractivity contribution is 7.92. The molecule has 1 N–H and O–H groups in total. The van der Waals surface area contributed by atoms with Crippen LogP contribution in [0.15, 0.2) is 53.4 Å². The van der Waals surface area contributed by atoms with Crippen molar-refractivity contribution in [1.29, 1.82) is 0 Å². The van der Waals surface area contributed by atoms with E-state index in [0.717, 1.165) is 19.3 Å². The second kappa shape index (κ2) is 9.82. The van der Waals surface area contributed by atoms with Gasteiger partial charge < -0.3 is 14.4 Å². The zero-order chi connectivity index (χ0) is 22.4. The third-order valence-corrected chi connectivity index (χ3v) is 6.59. The molecule has 0 bridgehead atoms. The molecule has 1 unspecified atom stereocenters. The van der Waals surface area contributed by atoms with Gasteiger partial charge in [0.1, 0.15) is 5.75 Å². The van der Waals surface area contributed by atoms with Crippen LogP contribution in [0.25, 0.3) is 0 Å². The molecule has 1 heterocycles. The number of carbonyl (C=O) groups excluding carboxylic acids is 2. The number of benzene rings is 2. The summed E-state index contributed by atoms with van der Waals surface area (Å²) in [5.74, 6) is -0.501. The lowest BCUT2D eigenvalue weighted by Gasteiger charge is -2.33. The van der Waals surface area contributed by atoms with E-state index in [4.69, 9.17) is 9.47 Å². The van der Waals surface area contributed by atoms with Crippen molar-refractivity contribution in [2.24, 2.45) is 0 Å². The number of piperidine rings is 1. The Labute approximate surface area is 182 Å². The number of carbonyl (C=O) groups is 2. The average Bonchev–Trinajstić information content (AvgIpc) is 2.77. The fourth-order valence-electron chi connectivity index (χ4n) is 3.47. The number of anilines is 1. The van der Waals surface area contributed by atoms with Gasteiger partial charge in [0, 0.05) is 12.6 Å². The monoisotopic (exact) mass is 446 g/mol. The zero-order valence-electron chi connectivity index (χ0n) is 17.5. The van der Waals surface area contributed by atoms with Crippen LogP contribution in [-0.2, 0) is 19.6 Å². The highest BCUT2D eigenvalue weighted by Crippen LogP contribution is 2.23. The van der Waals surface area contributed by atoms with E-state index in [-0.39, 0.29) is 34.7 Å². The van der Waals surface area contributed by atoms with Crippen molar-refractivity contribution >= 4 is 27.6 Å². The Balaban J connectivity index is 1.70. The van der Waals surface area contributed by atoms with Crippen molar-refractivity contribution in [3.63, 3.8) is 0 Å².